The second-order valence-corrected chi connectivity index (χ2v) is 7.62. The SMILES string of the molecule is COC(=O)c1cccc(C#Cc2cccc(NC(=O)C(NC(C)=O)C3CCCC3)c2)c1. The van der Waals surface area contributed by atoms with Crippen LogP contribution in [-0.4, -0.2) is 30.9 Å². The van der Waals surface area contributed by atoms with E-state index in [1.54, 1.807) is 30.3 Å². The van der Waals surface area contributed by atoms with Crippen LogP contribution in [0.1, 0.15) is 54.1 Å². The Kier molecular flexibility index (Phi) is 7.45. The number of methoxy groups -OCH3 is 1. The van der Waals surface area contributed by atoms with Gasteiger partial charge in [-0.25, -0.2) is 4.79 Å². The molecule has 1 atom stereocenters. The number of carbonyl (C=O) groups is 3. The Labute approximate surface area is 182 Å². The van der Waals surface area contributed by atoms with Crippen molar-refractivity contribution < 1.29 is 19.1 Å². The third kappa shape index (κ3) is 6.19. The highest BCUT2D eigenvalue weighted by molar-refractivity contribution is 5.97. The Hall–Kier alpha value is -3.59. The molecule has 3 rings (SSSR count). The van der Waals surface area contributed by atoms with Crippen molar-refractivity contribution in [3.8, 4) is 11.8 Å². The maximum Gasteiger partial charge on any atom is 0.337 e. The molecule has 31 heavy (non-hydrogen) atoms. The highest BCUT2D eigenvalue weighted by Crippen LogP contribution is 2.28. The van der Waals surface area contributed by atoms with E-state index < -0.39 is 12.0 Å². The van der Waals surface area contributed by atoms with Crippen LogP contribution < -0.4 is 10.6 Å². The molecule has 1 aliphatic rings. The maximum absolute atomic E-state index is 12.8. The minimum atomic E-state index is -0.532. The molecule has 160 valence electrons. The van der Waals surface area contributed by atoms with Crippen LogP contribution in [0.2, 0.25) is 0 Å². The van der Waals surface area contributed by atoms with E-state index in [9.17, 15) is 14.4 Å². The van der Waals surface area contributed by atoms with Crippen LogP contribution in [0, 0.1) is 17.8 Å². The van der Waals surface area contributed by atoms with Crippen molar-refractivity contribution in [1.82, 2.24) is 5.32 Å². The van der Waals surface area contributed by atoms with Crippen molar-refractivity contribution in [2.24, 2.45) is 5.92 Å². The first kappa shape index (κ1) is 22.1. The fourth-order valence-corrected chi connectivity index (χ4v) is 3.79. The van der Waals surface area contributed by atoms with Gasteiger partial charge in [0.25, 0.3) is 0 Å². The third-order valence-corrected chi connectivity index (χ3v) is 5.28. The Balaban J connectivity index is 1.73. The van der Waals surface area contributed by atoms with Gasteiger partial charge in [0, 0.05) is 23.7 Å². The predicted octanol–water partition coefficient (Wildman–Crippen LogP) is 3.51. The number of benzene rings is 2. The van der Waals surface area contributed by atoms with Gasteiger partial charge in [0.05, 0.1) is 12.7 Å². The van der Waals surface area contributed by atoms with Gasteiger partial charge in [-0.2, -0.15) is 0 Å². The number of anilines is 1. The summed E-state index contributed by atoms with van der Waals surface area (Å²) in [6.07, 6.45) is 4.04. The molecule has 0 spiro atoms. The third-order valence-electron chi connectivity index (χ3n) is 5.28. The number of hydrogen-bond donors (Lipinski definition) is 2. The fourth-order valence-electron chi connectivity index (χ4n) is 3.79. The van der Waals surface area contributed by atoms with Crippen LogP contribution >= 0.6 is 0 Å². The molecular formula is C25H26N2O4. The zero-order valence-corrected chi connectivity index (χ0v) is 17.7. The molecule has 2 N–H and O–H groups in total. The summed E-state index contributed by atoms with van der Waals surface area (Å²) in [5.74, 6) is 5.41. The standard InChI is InChI=1S/C25H26N2O4/c1-17(28)26-23(20-9-3-4-10-20)24(29)27-22-12-6-8-19(16-22)14-13-18-7-5-11-21(15-18)25(30)31-2/h5-8,11-12,15-16,20,23H,3-4,9-10H2,1-2H3,(H,26,28)(H,27,29). The van der Waals surface area contributed by atoms with E-state index in [0.717, 1.165) is 31.2 Å². The largest absolute Gasteiger partial charge is 0.465 e. The van der Waals surface area contributed by atoms with E-state index in [-0.39, 0.29) is 17.7 Å². The molecule has 2 aromatic rings. The van der Waals surface area contributed by atoms with Gasteiger partial charge >= 0.3 is 5.97 Å². The van der Waals surface area contributed by atoms with Crippen LogP contribution in [0.25, 0.3) is 0 Å². The summed E-state index contributed by atoms with van der Waals surface area (Å²) < 4.78 is 4.73. The number of rotatable bonds is 5. The van der Waals surface area contributed by atoms with Crippen LogP contribution in [-0.2, 0) is 14.3 Å². The maximum atomic E-state index is 12.8. The zero-order valence-electron chi connectivity index (χ0n) is 17.7. The van der Waals surface area contributed by atoms with Crippen molar-refractivity contribution in [2.75, 3.05) is 12.4 Å². The van der Waals surface area contributed by atoms with Crippen molar-refractivity contribution in [2.45, 2.75) is 38.6 Å². The topological polar surface area (TPSA) is 84.5 Å². The molecule has 6 heteroatoms. The lowest BCUT2D eigenvalue weighted by molar-refractivity contribution is -0.126. The molecule has 1 aliphatic carbocycles. The first-order chi connectivity index (χ1) is 15.0. The van der Waals surface area contributed by atoms with E-state index in [2.05, 4.69) is 22.5 Å². The quantitative estimate of drug-likeness (QED) is 0.575. The molecule has 0 bridgehead atoms. The molecule has 0 aromatic heterocycles. The average molecular weight is 418 g/mol. The lowest BCUT2D eigenvalue weighted by Crippen LogP contribution is -2.47. The van der Waals surface area contributed by atoms with Crippen LogP contribution in [0.15, 0.2) is 48.5 Å². The smallest absolute Gasteiger partial charge is 0.337 e. The number of amides is 2. The zero-order chi connectivity index (χ0) is 22.2. The molecule has 1 fully saturated rings. The fraction of sp³-hybridized carbons (Fsp3) is 0.320. The molecule has 0 radical (unpaired) electrons. The van der Waals surface area contributed by atoms with Gasteiger partial charge in [-0.1, -0.05) is 36.8 Å². The number of esters is 1. The number of carbonyl (C=O) groups excluding carboxylic acids is 3. The Morgan fingerprint density at radius 2 is 1.65 bits per heavy atom. The Bertz CT molecular complexity index is 1030. The van der Waals surface area contributed by atoms with Crippen molar-refractivity contribution in [3.63, 3.8) is 0 Å². The second-order valence-electron chi connectivity index (χ2n) is 7.62. The molecule has 1 unspecified atom stereocenters. The summed E-state index contributed by atoms with van der Waals surface area (Å²) in [6.45, 7) is 1.43. The van der Waals surface area contributed by atoms with Gasteiger partial charge in [0.15, 0.2) is 0 Å². The van der Waals surface area contributed by atoms with E-state index >= 15 is 0 Å². The summed E-state index contributed by atoms with van der Waals surface area (Å²) in [5, 5.41) is 5.72. The average Bonchev–Trinajstić information content (AvgIpc) is 3.30. The molecule has 6 nitrogen and oxygen atoms in total. The van der Waals surface area contributed by atoms with Gasteiger partial charge in [-0.05, 0) is 55.2 Å². The monoisotopic (exact) mass is 418 g/mol. The van der Waals surface area contributed by atoms with Crippen molar-refractivity contribution in [1.29, 1.82) is 0 Å². The number of nitrogens with one attached hydrogen (secondary N) is 2. The van der Waals surface area contributed by atoms with Gasteiger partial charge in [0.2, 0.25) is 11.8 Å². The highest BCUT2D eigenvalue weighted by atomic mass is 16.5. The van der Waals surface area contributed by atoms with E-state index in [4.69, 9.17) is 4.74 Å². The molecule has 1 saturated carbocycles. The molecular weight excluding hydrogens is 392 g/mol. The normalized spacial score (nSPS) is 14.1. The van der Waals surface area contributed by atoms with Gasteiger partial charge < -0.3 is 15.4 Å². The summed E-state index contributed by atoms with van der Waals surface area (Å²) in [7, 11) is 1.34. The summed E-state index contributed by atoms with van der Waals surface area (Å²) in [6, 6.07) is 13.6. The Morgan fingerprint density at radius 1 is 1.00 bits per heavy atom. The molecule has 0 aliphatic heterocycles. The first-order valence-electron chi connectivity index (χ1n) is 10.3. The first-order valence-corrected chi connectivity index (χ1v) is 10.3. The lowest BCUT2D eigenvalue weighted by Gasteiger charge is -2.23. The minimum absolute atomic E-state index is 0.161. The number of hydrogen-bond acceptors (Lipinski definition) is 4. The van der Waals surface area contributed by atoms with E-state index in [1.807, 2.05) is 18.2 Å². The number of ether oxygens (including phenoxy) is 1. The van der Waals surface area contributed by atoms with Crippen molar-refractivity contribution in [3.05, 3.63) is 65.2 Å². The summed E-state index contributed by atoms with van der Waals surface area (Å²) in [5.41, 5.74) is 2.46. The van der Waals surface area contributed by atoms with Crippen molar-refractivity contribution >= 4 is 23.5 Å². The molecule has 0 heterocycles. The minimum Gasteiger partial charge on any atom is -0.465 e. The highest BCUT2D eigenvalue weighted by Gasteiger charge is 2.31. The molecule has 2 amide bonds. The lowest BCUT2D eigenvalue weighted by atomic mass is 9.97. The van der Waals surface area contributed by atoms with Gasteiger partial charge in [-0.3, -0.25) is 9.59 Å². The van der Waals surface area contributed by atoms with E-state index in [1.165, 1.54) is 14.0 Å². The van der Waals surface area contributed by atoms with Gasteiger partial charge in [-0.15, -0.1) is 0 Å². The summed E-state index contributed by atoms with van der Waals surface area (Å²) in [4.78, 5) is 36.1. The van der Waals surface area contributed by atoms with Crippen LogP contribution in [0.4, 0.5) is 5.69 Å². The molecule has 2 aromatic carbocycles. The second kappa shape index (κ2) is 10.4. The predicted molar refractivity (Wildman–Crippen MR) is 118 cm³/mol. The summed E-state index contributed by atoms with van der Waals surface area (Å²) >= 11 is 0. The van der Waals surface area contributed by atoms with Crippen LogP contribution in [0.5, 0.6) is 0 Å². The molecule has 0 saturated heterocycles. The Morgan fingerprint density at radius 3 is 2.29 bits per heavy atom. The van der Waals surface area contributed by atoms with Crippen LogP contribution in [0.3, 0.4) is 0 Å². The van der Waals surface area contributed by atoms with E-state index in [0.29, 0.717) is 16.8 Å². The van der Waals surface area contributed by atoms with Gasteiger partial charge in [0.1, 0.15) is 6.04 Å².